The number of carbonyl (C=O) groups excluding carboxylic acids is 1. The summed E-state index contributed by atoms with van der Waals surface area (Å²) in [6, 6.07) is 6.20. The molecule has 0 unspecified atom stereocenters. The average molecular weight is 309 g/mol. The van der Waals surface area contributed by atoms with E-state index in [-0.39, 0.29) is 12.1 Å². The van der Waals surface area contributed by atoms with E-state index in [0.29, 0.717) is 6.61 Å². The maximum Gasteiger partial charge on any atom is 0.414 e. The van der Waals surface area contributed by atoms with Gasteiger partial charge in [0.2, 0.25) is 0 Å². The van der Waals surface area contributed by atoms with Crippen LogP contribution in [0.2, 0.25) is 0 Å². The molecule has 1 aromatic carbocycles. The minimum Gasteiger partial charge on any atom is -0.444 e. The van der Waals surface area contributed by atoms with Gasteiger partial charge in [-0.05, 0) is 48.1 Å². The number of pyridine rings is 1. The molecule has 2 aromatic rings. The fraction of sp³-hybridized carbons (Fsp3) is 0.333. The molecule has 1 aliphatic heterocycles. The van der Waals surface area contributed by atoms with E-state index in [9.17, 15) is 4.79 Å². The Labute approximate surface area is 135 Å². The number of aromatic nitrogens is 1. The molecule has 0 spiro atoms. The van der Waals surface area contributed by atoms with Crippen LogP contribution in [0.1, 0.15) is 35.6 Å². The number of amides is 1. The van der Waals surface area contributed by atoms with Gasteiger partial charge in [0.25, 0.3) is 0 Å². The molecule has 2 N–H and O–H groups in total. The van der Waals surface area contributed by atoms with Crippen LogP contribution in [0.15, 0.2) is 30.6 Å². The number of benzene rings is 1. The number of nitrogens with two attached hydrogens (primary N) is 1. The Morgan fingerprint density at radius 2 is 2.22 bits per heavy atom. The first kappa shape index (κ1) is 14.2. The summed E-state index contributed by atoms with van der Waals surface area (Å²) in [4.78, 5) is 17.5. The standard InChI is InChI=1S/C18H19N3O2/c1-21-17-6-5-11(7-12(17)10-23-18(21)22)14-8-20-9-15-13(14)3-2-4-16(15)19/h5-9,16H,2-4,10,19H2,1H3/t16-/m1/s1. The number of rotatable bonds is 1. The highest BCUT2D eigenvalue weighted by molar-refractivity contribution is 5.90. The zero-order valence-corrected chi connectivity index (χ0v) is 13.1. The van der Waals surface area contributed by atoms with Crippen molar-refractivity contribution in [2.24, 2.45) is 5.73 Å². The molecule has 1 aliphatic carbocycles. The molecule has 0 saturated heterocycles. The highest BCUT2D eigenvalue weighted by Gasteiger charge is 2.24. The van der Waals surface area contributed by atoms with Crippen LogP contribution in [-0.2, 0) is 17.8 Å². The fourth-order valence-electron chi connectivity index (χ4n) is 3.54. The molecule has 1 amide bonds. The van der Waals surface area contributed by atoms with Gasteiger partial charge < -0.3 is 10.5 Å². The molecule has 2 heterocycles. The monoisotopic (exact) mass is 309 g/mol. The first-order valence-electron chi connectivity index (χ1n) is 7.91. The van der Waals surface area contributed by atoms with Crippen LogP contribution in [0.3, 0.4) is 0 Å². The Bertz CT molecular complexity index is 788. The summed E-state index contributed by atoms with van der Waals surface area (Å²) >= 11 is 0. The number of carbonyl (C=O) groups is 1. The quantitative estimate of drug-likeness (QED) is 0.878. The zero-order valence-electron chi connectivity index (χ0n) is 13.1. The highest BCUT2D eigenvalue weighted by atomic mass is 16.6. The molecule has 5 nitrogen and oxygen atoms in total. The topological polar surface area (TPSA) is 68.5 Å². The van der Waals surface area contributed by atoms with E-state index in [2.05, 4.69) is 11.1 Å². The maximum atomic E-state index is 11.6. The van der Waals surface area contributed by atoms with E-state index < -0.39 is 0 Å². The first-order valence-corrected chi connectivity index (χ1v) is 7.91. The molecule has 1 aromatic heterocycles. The predicted octanol–water partition coefficient (Wildman–Crippen LogP) is 3.17. The van der Waals surface area contributed by atoms with Gasteiger partial charge in [-0.3, -0.25) is 9.88 Å². The van der Waals surface area contributed by atoms with E-state index in [1.54, 1.807) is 7.05 Å². The van der Waals surface area contributed by atoms with Crippen molar-refractivity contribution < 1.29 is 9.53 Å². The van der Waals surface area contributed by atoms with Crippen molar-refractivity contribution >= 4 is 11.8 Å². The van der Waals surface area contributed by atoms with Crippen molar-refractivity contribution in [3.05, 3.63) is 47.3 Å². The normalized spacial score (nSPS) is 19.8. The summed E-state index contributed by atoms with van der Waals surface area (Å²) in [5, 5.41) is 0. The zero-order chi connectivity index (χ0) is 16.0. The highest BCUT2D eigenvalue weighted by Crippen LogP contribution is 2.36. The lowest BCUT2D eigenvalue weighted by Gasteiger charge is -2.27. The Morgan fingerprint density at radius 3 is 3.09 bits per heavy atom. The van der Waals surface area contributed by atoms with Crippen LogP contribution >= 0.6 is 0 Å². The molecule has 0 saturated carbocycles. The van der Waals surface area contributed by atoms with Crippen molar-refractivity contribution in [1.29, 1.82) is 0 Å². The van der Waals surface area contributed by atoms with Crippen molar-refractivity contribution in [3.63, 3.8) is 0 Å². The molecule has 0 bridgehead atoms. The summed E-state index contributed by atoms with van der Waals surface area (Å²) in [6.45, 7) is 0.314. The van der Waals surface area contributed by atoms with E-state index in [1.807, 2.05) is 24.5 Å². The smallest absolute Gasteiger partial charge is 0.414 e. The summed E-state index contributed by atoms with van der Waals surface area (Å²) in [7, 11) is 1.73. The molecule has 4 rings (SSSR count). The van der Waals surface area contributed by atoms with Crippen LogP contribution in [0.5, 0.6) is 0 Å². The molecular formula is C18H19N3O2. The number of hydrogen-bond donors (Lipinski definition) is 1. The van der Waals surface area contributed by atoms with Crippen LogP contribution < -0.4 is 10.6 Å². The number of nitrogens with zero attached hydrogens (tertiary/aromatic N) is 2. The van der Waals surface area contributed by atoms with Gasteiger partial charge in [0.15, 0.2) is 0 Å². The number of anilines is 1. The Hall–Kier alpha value is -2.40. The maximum absolute atomic E-state index is 11.6. The van der Waals surface area contributed by atoms with Gasteiger partial charge in [0.05, 0.1) is 5.69 Å². The lowest BCUT2D eigenvalue weighted by molar-refractivity contribution is 0.143. The summed E-state index contributed by atoms with van der Waals surface area (Å²) < 4.78 is 5.19. The Morgan fingerprint density at radius 1 is 1.35 bits per heavy atom. The lowest BCUT2D eigenvalue weighted by atomic mass is 9.85. The summed E-state index contributed by atoms with van der Waals surface area (Å²) in [5.74, 6) is 0. The van der Waals surface area contributed by atoms with Crippen molar-refractivity contribution in [2.75, 3.05) is 11.9 Å². The van der Waals surface area contributed by atoms with Gasteiger partial charge in [-0.15, -0.1) is 0 Å². The molecule has 23 heavy (non-hydrogen) atoms. The lowest BCUT2D eigenvalue weighted by Crippen LogP contribution is -2.31. The Kier molecular flexibility index (Phi) is 3.31. The first-order chi connectivity index (χ1) is 11.1. The Balaban J connectivity index is 1.81. The average Bonchev–Trinajstić information content (AvgIpc) is 2.58. The third-order valence-corrected chi connectivity index (χ3v) is 4.81. The second-order valence-electron chi connectivity index (χ2n) is 6.21. The van der Waals surface area contributed by atoms with Gasteiger partial charge >= 0.3 is 6.09 Å². The van der Waals surface area contributed by atoms with Gasteiger partial charge in [0, 0.05) is 36.6 Å². The summed E-state index contributed by atoms with van der Waals surface area (Å²) in [6.07, 6.45) is 6.66. The van der Waals surface area contributed by atoms with Crippen LogP contribution in [0.4, 0.5) is 10.5 Å². The predicted molar refractivity (Wildman–Crippen MR) is 88.1 cm³/mol. The minimum absolute atomic E-state index is 0.0796. The van der Waals surface area contributed by atoms with Gasteiger partial charge in [-0.1, -0.05) is 6.07 Å². The number of hydrogen-bond acceptors (Lipinski definition) is 4. The third-order valence-electron chi connectivity index (χ3n) is 4.81. The molecule has 1 atom stereocenters. The second-order valence-corrected chi connectivity index (χ2v) is 6.21. The minimum atomic E-state index is -0.310. The van der Waals surface area contributed by atoms with Crippen LogP contribution in [0, 0.1) is 0 Å². The molecular weight excluding hydrogens is 290 g/mol. The fourth-order valence-corrected chi connectivity index (χ4v) is 3.54. The molecule has 0 radical (unpaired) electrons. The van der Waals surface area contributed by atoms with E-state index in [0.717, 1.165) is 47.2 Å². The summed E-state index contributed by atoms with van der Waals surface area (Å²) in [5.41, 5.74) is 12.9. The van der Waals surface area contributed by atoms with E-state index in [1.165, 1.54) is 10.5 Å². The number of ether oxygens (including phenoxy) is 1. The van der Waals surface area contributed by atoms with Crippen molar-refractivity contribution in [3.8, 4) is 11.1 Å². The number of fused-ring (bicyclic) bond motifs is 2. The third kappa shape index (κ3) is 2.28. The molecule has 0 fully saturated rings. The SMILES string of the molecule is CN1C(=O)OCc2cc(-c3cncc4c3CCC[C@H]4N)ccc21. The van der Waals surface area contributed by atoms with E-state index in [4.69, 9.17) is 10.5 Å². The van der Waals surface area contributed by atoms with Crippen LogP contribution in [-0.4, -0.2) is 18.1 Å². The van der Waals surface area contributed by atoms with Crippen molar-refractivity contribution in [2.45, 2.75) is 31.9 Å². The van der Waals surface area contributed by atoms with Gasteiger partial charge in [0.1, 0.15) is 6.61 Å². The molecule has 5 heteroatoms. The molecule has 2 aliphatic rings. The van der Waals surface area contributed by atoms with Gasteiger partial charge in [-0.2, -0.15) is 0 Å². The molecule has 118 valence electrons. The van der Waals surface area contributed by atoms with Crippen LogP contribution in [0.25, 0.3) is 11.1 Å². The second kappa shape index (κ2) is 5.35. The van der Waals surface area contributed by atoms with Crippen molar-refractivity contribution in [1.82, 2.24) is 4.98 Å². The number of cyclic esters (lactones) is 1. The largest absolute Gasteiger partial charge is 0.444 e. The van der Waals surface area contributed by atoms with E-state index >= 15 is 0 Å². The van der Waals surface area contributed by atoms with Gasteiger partial charge in [-0.25, -0.2) is 4.79 Å².